The highest BCUT2D eigenvalue weighted by atomic mass is 35.5. The van der Waals surface area contributed by atoms with Gasteiger partial charge in [0, 0.05) is 12.7 Å². The molecule has 1 aromatic rings. The van der Waals surface area contributed by atoms with Crippen LogP contribution in [0.15, 0.2) is 18.3 Å². The molecule has 0 bridgehead atoms. The average molecular weight is 201 g/mol. The summed E-state index contributed by atoms with van der Waals surface area (Å²) < 4.78 is 0. The number of hydrogen-bond donors (Lipinski definition) is 2. The fourth-order valence-corrected chi connectivity index (χ4v) is 0.980. The van der Waals surface area contributed by atoms with Gasteiger partial charge in [-0.1, -0.05) is 17.7 Å². The molecular weight excluding hydrogens is 192 g/mol. The summed E-state index contributed by atoms with van der Waals surface area (Å²) in [7, 11) is 0. The molecule has 1 rings (SSSR count). The van der Waals surface area contributed by atoms with E-state index >= 15 is 0 Å². The van der Waals surface area contributed by atoms with E-state index in [0.717, 1.165) is 5.56 Å². The van der Waals surface area contributed by atoms with E-state index in [4.69, 9.17) is 16.7 Å². The second kappa shape index (κ2) is 4.67. The highest BCUT2D eigenvalue weighted by molar-refractivity contribution is 6.29. The van der Waals surface area contributed by atoms with Crippen molar-refractivity contribution in [2.24, 2.45) is 0 Å². The van der Waals surface area contributed by atoms with E-state index in [0.29, 0.717) is 18.1 Å². The summed E-state index contributed by atoms with van der Waals surface area (Å²) in [5.41, 5.74) is 0.957. The lowest BCUT2D eigenvalue weighted by Crippen LogP contribution is -2.23. The molecule has 0 radical (unpaired) electrons. The summed E-state index contributed by atoms with van der Waals surface area (Å²) >= 11 is 5.58. The van der Waals surface area contributed by atoms with Crippen molar-refractivity contribution < 1.29 is 9.90 Å². The van der Waals surface area contributed by atoms with Crippen LogP contribution in [0.5, 0.6) is 0 Å². The van der Waals surface area contributed by atoms with Gasteiger partial charge in [-0.2, -0.15) is 0 Å². The minimum Gasteiger partial charge on any atom is -0.465 e. The minimum absolute atomic E-state index is 0.388. The first-order chi connectivity index (χ1) is 6.18. The van der Waals surface area contributed by atoms with Gasteiger partial charge in [0.15, 0.2) is 0 Å². The SMILES string of the molecule is O=C(O)NCCc1ccc(Cl)nc1. The van der Waals surface area contributed by atoms with Crippen LogP contribution in [-0.4, -0.2) is 22.7 Å². The van der Waals surface area contributed by atoms with Crippen molar-refractivity contribution >= 4 is 17.7 Å². The molecule has 2 N–H and O–H groups in total. The smallest absolute Gasteiger partial charge is 0.404 e. The quantitative estimate of drug-likeness (QED) is 0.728. The number of nitrogens with zero attached hydrogens (tertiary/aromatic N) is 1. The number of hydrogen-bond acceptors (Lipinski definition) is 2. The third-order valence-electron chi connectivity index (χ3n) is 1.48. The summed E-state index contributed by atoms with van der Waals surface area (Å²) in [5, 5.41) is 11.0. The Kier molecular flexibility index (Phi) is 3.52. The number of pyridine rings is 1. The Labute approximate surface area is 80.6 Å². The van der Waals surface area contributed by atoms with Gasteiger partial charge in [-0.3, -0.25) is 0 Å². The molecule has 0 fully saturated rings. The molecule has 0 unspecified atom stereocenters. The van der Waals surface area contributed by atoms with Gasteiger partial charge in [0.25, 0.3) is 0 Å². The lowest BCUT2D eigenvalue weighted by molar-refractivity contribution is 0.194. The third kappa shape index (κ3) is 3.75. The van der Waals surface area contributed by atoms with Gasteiger partial charge in [-0.15, -0.1) is 0 Å². The number of halogens is 1. The number of nitrogens with one attached hydrogen (secondary N) is 1. The normalized spacial score (nSPS) is 9.62. The van der Waals surface area contributed by atoms with Crippen LogP contribution in [0.4, 0.5) is 4.79 Å². The van der Waals surface area contributed by atoms with Gasteiger partial charge in [0.1, 0.15) is 5.15 Å². The van der Waals surface area contributed by atoms with Crippen molar-refractivity contribution in [3.63, 3.8) is 0 Å². The summed E-state index contributed by atoms with van der Waals surface area (Å²) in [6, 6.07) is 3.50. The summed E-state index contributed by atoms with van der Waals surface area (Å²) in [4.78, 5) is 14.0. The van der Waals surface area contributed by atoms with Crippen LogP contribution in [0.3, 0.4) is 0 Å². The van der Waals surface area contributed by atoms with Crippen LogP contribution >= 0.6 is 11.6 Å². The Hall–Kier alpha value is -1.29. The summed E-state index contributed by atoms with van der Waals surface area (Å²) in [6.45, 7) is 0.388. The van der Waals surface area contributed by atoms with Crippen LogP contribution in [0, 0.1) is 0 Å². The molecule has 0 spiro atoms. The molecule has 0 aliphatic rings. The monoisotopic (exact) mass is 200 g/mol. The molecule has 4 nitrogen and oxygen atoms in total. The first-order valence-electron chi connectivity index (χ1n) is 3.75. The number of carboxylic acid groups (broad SMARTS) is 1. The first kappa shape index (κ1) is 9.80. The van der Waals surface area contributed by atoms with Gasteiger partial charge in [0.2, 0.25) is 0 Å². The molecule has 0 aliphatic carbocycles. The third-order valence-corrected chi connectivity index (χ3v) is 1.70. The number of carbonyl (C=O) groups is 1. The first-order valence-corrected chi connectivity index (χ1v) is 4.13. The van der Waals surface area contributed by atoms with Gasteiger partial charge >= 0.3 is 6.09 Å². The Bertz CT molecular complexity index is 287. The van der Waals surface area contributed by atoms with E-state index in [1.807, 2.05) is 6.07 Å². The molecule has 1 heterocycles. The van der Waals surface area contributed by atoms with Gasteiger partial charge in [0.05, 0.1) is 0 Å². The maximum Gasteiger partial charge on any atom is 0.404 e. The molecule has 13 heavy (non-hydrogen) atoms. The van der Waals surface area contributed by atoms with Crippen molar-refractivity contribution in [1.82, 2.24) is 10.3 Å². The fraction of sp³-hybridized carbons (Fsp3) is 0.250. The summed E-state index contributed by atoms with van der Waals surface area (Å²) in [6.07, 6.45) is 1.24. The number of amides is 1. The van der Waals surface area contributed by atoms with E-state index in [-0.39, 0.29) is 0 Å². The highest BCUT2D eigenvalue weighted by Crippen LogP contribution is 2.04. The predicted octanol–water partition coefficient (Wildman–Crippen LogP) is 1.55. The van der Waals surface area contributed by atoms with Crippen molar-refractivity contribution in [3.8, 4) is 0 Å². The van der Waals surface area contributed by atoms with E-state index in [1.165, 1.54) is 0 Å². The van der Waals surface area contributed by atoms with Crippen LogP contribution in [0.1, 0.15) is 5.56 Å². The highest BCUT2D eigenvalue weighted by Gasteiger charge is 1.96. The molecule has 1 amide bonds. The molecule has 5 heteroatoms. The van der Waals surface area contributed by atoms with Crippen molar-refractivity contribution in [2.75, 3.05) is 6.54 Å². The predicted molar refractivity (Wildman–Crippen MR) is 49.0 cm³/mol. The zero-order valence-corrected chi connectivity index (χ0v) is 7.58. The van der Waals surface area contributed by atoms with Crippen molar-refractivity contribution in [2.45, 2.75) is 6.42 Å². The molecule has 0 saturated heterocycles. The van der Waals surface area contributed by atoms with E-state index < -0.39 is 6.09 Å². The van der Waals surface area contributed by atoms with Gasteiger partial charge in [-0.25, -0.2) is 9.78 Å². The average Bonchev–Trinajstić information content (AvgIpc) is 2.08. The topological polar surface area (TPSA) is 62.2 Å². The Balaban J connectivity index is 2.37. The van der Waals surface area contributed by atoms with Gasteiger partial charge in [-0.05, 0) is 18.1 Å². The van der Waals surface area contributed by atoms with Crippen molar-refractivity contribution in [3.05, 3.63) is 29.0 Å². The second-order valence-electron chi connectivity index (χ2n) is 2.47. The maximum atomic E-state index is 10.1. The van der Waals surface area contributed by atoms with E-state index in [2.05, 4.69) is 10.3 Å². The zero-order valence-electron chi connectivity index (χ0n) is 6.83. The number of aromatic nitrogens is 1. The fourth-order valence-electron chi connectivity index (χ4n) is 0.868. The Morgan fingerprint density at radius 2 is 2.38 bits per heavy atom. The van der Waals surface area contributed by atoms with Crippen LogP contribution < -0.4 is 5.32 Å². The summed E-state index contributed by atoms with van der Waals surface area (Å²) in [5.74, 6) is 0. The molecule has 0 saturated carbocycles. The molecular formula is C8H9ClN2O2. The van der Waals surface area contributed by atoms with Gasteiger partial charge < -0.3 is 10.4 Å². The van der Waals surface area contributed by atoms with Crippen LogP contribution in [0.2, 0.25) is 5.15 Å². The molecule has 1 aromatic heterocycles. The van der Waals surface area contributed by atoms with E-state index in [9.17, 15) is 4.79 Å². The molecule has 0 aliphatic heterocycles. The van der Waals surface area contributed by atoms with Crippen LogP contribution in [-0.2, 0) is 6.42 Å². The maximum absolute atomic E-state index is 10.1. The standard InChI is InChI=1S/C8H9ClN2O2/c9-7-2-1-6(5-11-7)3-4-10-8(12)13/h1-2,5,10H,3-4H2,(H,12,13). The Morgan fingerprint density at radius 3 is 2.92 bits per heavy atom. The van der Waals surface area contributed by atoms with Crippen LogP contribution in [0.25, 0.3) is 0 Å². The second-order valence-corrected chi connectivity index (χ2v) is 2.86. The minimum atomic E-state index is -1.01. The zero-order chi connectivity index (χ0) is 9.68. The molecule has 0 atom stereocenters. The lowest BCUT2D eigenvalue weighted by Gasteiger charge is -2.00. The lowest BCUT2D eigenvalue weighted by atomic mass is 10.2. The molecule has 0 aromatic carbocycles. The van der Waals surface area contributed by atoms with Crippen molar-refractivity contribution in [1.29, 1.82) is 0 Å². The molecule has 70 valence electrons. The largest absolute Gasteiger partial charge is 0.465 e. The Morgan fingerprint density at radius 1 is 1.62 bits per heavy atom. The van der Waals surface area contributed by atoms with E-state index in [1.54, 1.807) is 12.3 Å². The number of rotatable bonds is 3.